The lowest BCUT2D eigenvalue weighted by Gasteiger charge is -2.51. The van der Waals surface area contributed by atoms with Crippen molar-refractivity contribution in [3.8, 4) is 0 Å². The van der Waals surface area contributed by atoms with E-state index in [1.807, 2.05) is 36.2 Å². The number of furan rings is 1. The molecule has 2 saturated heterocycles. The molecule has 1 amide bonds. The summed E-state index contributed by atoms with van der Waals surface area (Å²) in [6.45, 7) is 5.79. The minimum absolute atomic E-state index is 0.00260. The fourth-order valence-corrected chi connectivity index (χ4v) is 4.19. The van der Waals surface area contributed by atoms with E-state index in [0.29, 0.717) is 18.3 Å². The molecule has 0 radical (unpaired) electrons. The Morgan fingerprint density at radius 1 is 1.42 bits per heavy atom. The van der Waals surface area contributed by atoms with Gasteiger partial charge in [-0.1, -0.05) is 6.07 Å². The van der Waals surface area contributed by atoms with Gasteiger partial charge >= 0.3 is 0 Å². The second-order valence-electron chi connectivity index (χ2n) is 7.65. The molecule has 2 fully saturated rings. The Morgan fingerprint density at radius 3 is 2.96 bits per heavy atom. The van der Waals surface area contributed by atoms with Gasteiger partial charge in [0, 0.05) is 37.6 Å². The molecule has 1 atom stereocenters. The maximum atomic E-state index is 12.5. The van der Waals surface area contributed by atoms with Crippen molar-refractivity contribution >= 4 is 5.91 Å². The Labute approximate surface area is 153 Å². The number of amides is 1. The van der Waals surface area contributed by atoms with Gasteiger partial charge in [0.25, 0.3) is 5.91 Å². The molecule has 1 spiro atoms. The van der Waals surface area contributed by atoms with Crippen LogP contribution in [0.1, 0.15) is 28.1 Å². The van der Waals surface area contributed by atoms with Gasteiger partial charge in [-0.3, -0.25) is 14.7 Å². The predicted octanol–water partition coefficient (Wildman–Crippen LogP) is 2.35. The van der Waals surface area contributed by atoms with E-state index in [1.54, 1.807) is 12.5 Å². The molecule has 0 aliphatic carbocycles. The Kier molecular flexibility index (Phi) is 4.54. The normalized spacial score (nSPS) is 21.9. The molecule has 4 heterocycles. The molecular weight excluding hydrogens is 330 g/mol. The first-order valence-electron chi connectivity index (χ1n) is 9.09. The van der Waals surface area contributed by atoms with Gasteiger partial charge in [-0.05, 0) is 44.0 Å². The summed E-state index contributed by atoms with van der Waals surface area (Å²) in [4.78, 5) is 20.9. The highest BCUT2D eigenvalue weighted by Crippen LogP contribution is 2.40. The van der Waals surface area contributed by atoms with Crippen LogP contribution in [0, 0.1) is 12.8 Å². The van der Waals surface area contributed by atoms with E-state index in [9.17, 15) is 4.79 Å². The molecule has 0 N–H and O–H groups in total. The van der Waals surface area contributed by atoms with E-state index in [4.69, 9.17) is 9.15 Å². The first-order chi connectivity index (χ1) is 12.6. The number of ether oxygens (including phenoxy) is 1. The Hall–Kier alpha value is -2.18. The van der Waals surface area contributed by atoms with Crippen LogP contribution in [-0.4, -0.2) is 59.5 Å². The minimum Gasteiger partial charge on any atom is -0.459 e. The maximum Gasteiger partial charge on any atom is 0.289 e. The molecule has 4 rings (SSSR count). The van der Waals surface area contributed by atoms with Gasteiger partial charge < -0.3 is 14.1 Å². The monoisotopic (exact) mass is 355 g/mol. The zero-order valence-electron chi connectivity index (χ0n) is 15.4. The van der Waals surface area contributed by atoms with Crippen molar-refractivity contribution in [2.45, 2.75) is 25.5 Å². The van der Waals surface area contributed by atoms with E-state index >= 15 is 0 Å². The quantitative estimate of drug-likeness (QED) is 0.824. The lowest BCUT2D eigenvalue weighted by atomic mass is 9.84. The number of nitrogens with zero attached hydrogens (tertiary/aromatic N) is 3. The van der Waals surface area contributed by atoms with Crippen LogP contribution >= 0.6 is 0 Å². The maximum absolute atomic E-state index is 12.5. The lowest BCUT2D eigenvalue weighted by molar-refractivity contribution is -0.00991. The number of aryl methyl sites for hydroxylation is 1. The summed E-state index contributed by atoms with van der Waals surface area (Å²) in [5.41, 5.74) is 2.10. The summed E-state index contributed by atoms with van der Waals surface area (Å²) >= 11 is 0. The van der Waals surface area contributed by atoms with Gasteiger partial charge in [-0.25, -0.2) is 0 Å². The first-order valence-corrected chi connectivity index (χ1v) is 9.09. The molecule has 1 unspecified atom stereocenters. The summed E-state index contributed by atoms with van der Waals surface area (Å²) in [6.07, 6.45) is 6.26. The van der Waals surface area contributed by atoms with Gasteiger partial charge in [-0.15, -0.1) is 0 Å². The number of aromatic nitrogens is 1. The van der Waals surface area contributed by atoms with Crippen molar-refractivity contribution in [1.29, 1.82) is 0 Å². The van der Waals surface area contributed by atoms with Crippen molar-refractivity contribution in [3.63, 3.8) is 0 Å². The van der Waals surface area contributed by atoms with Crippen molar-refractivity contribution in [1.82, 2.24) is 14.8 Å². The topological polar surface area (TPSA) is 58.8 Å². The van der Waals surface area contributed by atoms with Crippen LogP contribution in [0.4, 0.5) is 0 Å². The number of rotatable bonds is 5. The molecule has 6 nitrogen and oxygen atoms in total. The van der Waals surface area contributed by atoms with Crippen LogP contribution < -0.4 is 0 Å². The predicted molar refractivity (Wildman–Crippen MR) is 96.7 cm³/mol. The van der Waals surface area contributed by atoms with Gasteiger partial charge in [0.15, 0.2) is 5.76 Å². The molecule has 0 aromatic carbocycles. The number of hydrogen-bond acceptors (Lipinski definition) is 5. The largest absolute Gasteiger partial charge is 0.459 e. The third kappa shape index (κ3) is 3.15. The summed E-state index contributed by atoms with van der Waals surface area (Å²) in [5.74, 6) is 0.971. The molecule has 2 aliphatic heterocycles. The van der Waals surface area contributed by atoms with Crippen LogP contribution in [-0.2, 0) is 11.3 Å². The van der Waals surface area contributed by atoms with Crippen LogP contribution in [0.5, 0.6) is 0 Å². The second kappa shape index (κ2) is 6.85. The highest BCUT2D eigenvalue weighted by molar-refractivity contribution is 5.93. The third-order valence-electron chi connectivity index (χ3n) is 5.67. The summed E-state index contributed by atoms with van der Waals surface area (Å²) in [5, 5.41) is 0. The van der Waals surface area contributed by atoms with Crippen LogP contribution in [0.15, 0.2) is 41.3 Å². The SMILES string of the molecule is Cc1ccoc1C(=O)N1CC2(CC(COCc3cccnc3)CN2C)C1. The number of likely N-dealkylation sites (N-methyl/N-ethyl adjacent to an activating group) is 1. The highest BCUT2D eigenvalue weighted by Gasteiger charge is 2.53. The average Bonchev–Trinajstić information content (AvgIpc) is 3.17. The zero-order chi connectivity index (χ0) is 18.1. The lowest BCUT2D eigenvalue weighted by Crippen LogP contribution is -2.68. The molecule has 0 saturated carbocycles. The smallest absolute Gasteiger partial charge is 0.289 e. The average molecular weight is 355 g/mol. The van der Waals surface area contributed by atoms with Crippen LogP contribution in [0.25, 0.3) is 0 Å². The Bertz CT molecular complexity index is 768. The summed E-state index contributed by atoms with van der Waals surface area (Å²) in [6, 6.07) is 5.79. The van der Waals surface area contributed by atoms with Crippen LogP contribution in [0.3, 0.4) is 0 Å². The molecule has 26 heavy (non-hydrogen) atoms. The van der Waals surface area contributed by atoms with Gasteiger partial charge in [-0.2, -0.15) is 0 Å². The van der Waals surface area contributed by atoms with Gasteiger partial charge in [0.05, 0.1) is 25.0 Å². The Balaban J connectivity index is 1.28. The van der Waals surface area contributed by atoms with Crippen molar-refractivity contribution in [2.24, 2.45) is 5.92 Å². The molecular formula is C20H25N3O3. The molecule has 138 valence electrons. The van der Waals surface area contributed by atoms with E-state index < -0.39 is 0 Å². The number of likely N-dealkylation sites (tertiary alicyclic amines) is 2. The number of hydrogen-bond donors (Lipinski definition) is 0. The zero-order valence-corrected chi connectivity index (χ0v) is 15.4. The second-order valence-corrected chi connectivity index (χ2v) is 7.65. The number of carbonyl (C=O) groups excluding carboxylic acids is 1. The van der Waals surface area contributed by atoms with Gasteiger partial charge in [0.2, 0.25) is 0 Å². The van der Waals surface area contributed by atoms with Crippen molar-refractivity contribution in [2.75, 3.05) is 33.3 Å². The third-order valence-corrected chi connectivity index (χ3v) is 5.67. The Morgan fingerprint density at radius 2 is 2.27 bits per heavy atom. The van der Waals surface area contributed by atoms with Gasteiger partial charge in [0.1, 0.15) is 0 Å². The van der Waals surface area contributed by atoms with Crippen molar-refractivity contribution in [3.05, 3.63) is 53.7 Å². The highest BCUT2D eigenvalue weighted by atomic mass is 16.5. The summed E-state index contributed by atoms with van der Waals surface area (Å²) in [7, 11) is 2.15. The fraction of sp³-hybridized carbons (Fsp3) is 0.500. The van der Waals surface area contributed by atoms with Crippen LogP contribution in [0.2, 0.25) is 0 Å². The van der Waals surface area contributed by atoms with E-state index in [2.05, 4.69) is 16.9 Å². The molecule has 2 aliphatic rings. The van der Waals surface area contributed by atoms with E-state index in [0.717, 1.165) is 43.8 Å². The molecule has 2 aromatic heterocycles. The number of carbonyl (C=O) groups is 1. The van der Waals surface area contributed by atoms with E-state index in [1.165, 1.54) is 0 Å². The molecule has 0 bridgehead atoms. The molecule has 6 heteroatoms. The number of pyridine rings is 1. The minimum atomic E-state index is 0.00260. The van der Waals surface area contributed by atoms with Crippen molar-refractivity contribution < 1.29 is 13.9 Å². The standard InChI is InChI=1S/C20H25N3O3/c1-15-5-7-26-18(15)19(24)23-13-20(14-23)8-17(10-22(20)2)12-25-11-16-4-3-6-21-9-16/h3-7,9,17H,8,10-14H2,1-2H3. The molecule has 2 aromatic rings. The summed E-state index contributed by atoms with van der Waals surface area (Å²) < 4.78 is 11.2. The van der Waals surface area contributed by atoms with E-state index in [-0.39, 0.29) is 11.4 Å². The fourth-order valence-electron chi connectivity index (χ4n) is 4.19. The first kappa shape index (κ1) is 17.2.